The quantitative estimate of drug-likeness (QED) is 0.673. The van der Waals surface area contributed by atoms with Gasteiger partial charge in [0.1, 0.15) is 12.4 Å². The highest BCUT2D eigenvalue weighted by Crippen LogP contribution is 2.28. The molecule has 0 aliphatic carbocycles. The summed E-state index contributed by atoms with van der Waals surface area (Å²) in [6, 6.07) is -1.34. The summed E-state index contributed by atoms with van der Waals surface area (Å²) in [5, 5.41) is 10.5. The van der Waals surface area contributed by atoms with Crippen LogP contribution in [0, 0.1) is 13.8 Å². The van der Waals surface area contributed by atoms with E-state index < -0.39 is 19.1 Å². The molecule has 1 unspecified atom stereocenters. The fourth-order valence-electron chi connectivity index (χ4n) is 2.13. The Morgan fingerprint density at radius 2 is 1.81 bits per heavy atom. The summed E-state index contributed by atoms with van der Waals surface area (Å²) in [7, 11) is 2.61. The number of ether oxygens (including phenoxy) is 3. The van der Waals surface area contributed by atoms with Gasteiger partial charge in [0.05, 0.1) is 29.9 Å². The van der Waals surface area contributed by atoms with Crippen molar-refractivity contribution in [3.8, 4) is 17.2 Å². The van der Waals surface area contributed by atoms with Crippen LogP contribution in [0.5, 0.6) is 17.2 Å². The largest absolute Gasteiger partial charge is 0.493 e. The topological polar surface area (TPSA) is 47.9 Å². The van der Waals surface area contributed by atoms with Gasteiger partial charge in [0.15, 0.2) is 11.5 Å². The monoisotopic (exact) mass is 367 g/mol. The van der Waals surface area contributed by atoms with E-state index in [4.69, 9.17) is 26.5 Å². The van der Waals surface area contributed by atoms with Crippen LogP contribution in [0.2, 0.25) is 0 Å². The van der Waals surface area contributed by atoms with Crippen molar-refractivity contribution in [1.29, 1.82) is 0 Å². The van der Waals surface area contributed by atoms with Crippen molar-refractivity contribution >= 4 is 0 Å². The molecule has 0 aromatic heterocycles. The Labute approximate surface area is 169 Å². The Bertz CT molecular complexity index is 1070. The van der Waals surface area contributed by atoms with E-state index in [0.29, 0.717) is 11.1 Å². The molecule has 0 heterocycles. The second-order valence-corrected chi connectivity index (χ2v) is 5.64. The summed E-state index contributed by atoms with van der Waals surface area (Å²) in [5.41, 5.74) is 1.01. The average molecular weight is 368 g/mol. The Balaban J connectivity index is 2.18. The summed E-state index contributed by atoms with van der Waals surface area (Å²) in [6.07, 6.45) is -5.53. The van der Waals surface area contributed by atoms with Crippen LogP contribution in [0.25, 0.3) is 0 Å². The Kier molecular flexibility index (Phi) is 4.20. The van der Waals surface area contributed by atoms with Gasteiger partial charge in [0.25, 0.3) is 0 Å². The first-order valence-corrected chi connectivity index (χ1v) is 8.25. The molecule has 0 saturated carbocycles. The van der Waals surface area contributed by atoms with E-state index in [1.165, 1.54) is 14.2 Å². The van der Waals surface area contributed by atoms with E-state index in [2.05, 4.69) is 0 Å². The van der Waals surface area contributed by atoms with Crippen LogP contribution in [0.3, 0.4) is 0 Å². The molecule has 0 saturated heterocycles. The highest BCUT2D eigenvalue weighted by molar-refractivity contribution is 5.42. The number of hydrogen-bond acceptors (Lipinski definition) is 4. The van der Waals surface area contributed by atoms with Gasteiger partial charge in [-0.2, -0.15) is 0 Å². The summed E-state index contributed by atoms with van der Waals surface area (Å²) in [4.78, 5) is 0. The van der Waals surface area contributed by atoms with Gasteiger partial charge in [-0.05, 0) is 73.9 Å². The van der Waals surface area contributed by atoms with Crippen molar-refractivity contribution < 1.29 is 31.7 Å². The first-order chi connectivity index (χ1) is 16.1. The van der Waals surface area contributed by atoms with E-state index in [1.54, 1.807) is 13.8 Å². The minimum atomic E-state index is -2.75. The second-order valence-electron chi connectivity index (χ2n) is 5.64. The number of rotatable bonds is 10. The molecule has 0 aliphatic rings. The zero-order valence-corrected chi connectivity index (χ0v) is 15.5. The predicted molar refractivity (Wildman–Crippen MR) is 105 cm³/mol. The molecule has 0 aliphatic heterocycles. The molecule has 1 atom stereocenters. The molecule has 0 fully saturated rings. The highest BCUT2D eigenvalue weighted by atomic mass is 16.5. The van der Waals surface area contributed by atoms with E-state index in [-0.39, 0.29) is 78.3 Å². The molecule has 0 spiro atoms. The fraction of sp³-hybridized carbons (Fsp3) is 0.455. The molecule has 4 heteroatoms. The first-order valence-electron chi connectivity index (χ1n) is 12.8. The van der Waals surface area contributed by atoms with Gasteiger partial charge in [-0.15, -0.1) is 0 Å². The molecule has 26 heavy (non-hydrogen) atoms. The van der Waals surface area contributed by atoms with Crippen molar-refractivity contribution in [3.63, 3.8) is 0 Å². The Morgan fingerprint density at radius 1 is 1.04 bits per heavy atom. The fourth-order valence-corrected chi connectivity index (χ4v) is 2.13. The second kappa shape index (κ2) is 10.1. The molecular weight excluding hydrogens is 328 g/mol. The van der Waals surface area contributed by atoms with Gasteiger partial charge < -0.3 is 19.3 Å². The lowest BCUT2D eigenvalue weighted by atomic mass is 10.0. The third-order valence-corrected chi connectivity index (χ3v) is 3.72. The average Bonchev–Trinajstić information content (AvgIpc) is 2.80. The van der Waals surface area contributed by atoms with Crippen LogP contribution in [0.15, 0.2) is 36.3 Å². The van der Waals surface area contributed by atoms with Crippen molar-refractivity contribution in [2.75, 3.05) is 20.8 Å². The van der Waals surface area contributed by atoms with E-state index in [0.717, 1.165) is 0 Å². The van der Waals surface area contributed by atoms with Crippen LogP contribution in [-0.4, -0.2) is 32.0 Å². The van der Waals surface area contributed by atoms with E-state index in [1.807, 2.05) is 0 Å². The molecule has 0 radical (unpaired) electrons. The van der Waals surface area contributed by atoms with Gasteiger partial charge in [-0.1, -0.05) is 18.5 Å². The van der Waals surface area contributed by atoms with Crippen LogP contribution >= 0.6 is 0 Å². The number of benzene rings is 2. The van der Waals surface area contributed by atoms with Crippen molar-refractivity contribution in [1.82, 2.24) is 0 Å². The summed E-state index contributed by atoms with van der Waals surface area (Å²) >= 11 is 0. The zero-order chi connectivity index (χ0) is 26.9. The molecule has 1 N–H and O–H groups in total. The molecular formula is C22H30O4. The van der Waals surface area contributed by atoms with E-state index >= 15 is 0 Å². The lowest BCUT2D eigenvalue weighted by Crippen LogP contribution is -2.17. The maximum absolute atomic E-state index is 10.5. The van der Waals surface area contributed by atoms with Gasteiger partial charge >= 0.3 is 0 Å². The van der Waals surface area contributed by atoms with Crippen molar-refractivity contribution in [2.24, 2.45) is 0 Å². The molecule has 2 aromatic carbocycles. The third-order valence-electron chi connectivity index (χ3n) is 3.72. The van der Waals surface area contributed by atoms with Crippen molar-refractivity contribution in [2.45, 2.75) is 45.6 Å². The van der Waals surface area contributed by atoms with Gasteiger partial charge in [-0.3, -0.25) is 0 Å². The molecule has 2 aromatic rings. The lowest BCUT2D eigenvalue weighted by Gasteiger charge is -2.13. The van der Waals surface area contributed by atoms with Crippen molar-refractivity contribution in [3.05, 3.63) is 52.9 Å². The van der Waals surface area contributed by atoms with Gasteiger partial charge in [0, 0.05) is 2.74 Å². The number of methoxy groups -OCH3 is 2. The van der Waals surface area contributed by atoms with Crippen LogP contribution in [-0.2, 0) is 6.42 Å². The maximum atomic E-state index is 10.5. The standard InChI is InChI=1S/C22H30O4/c1-16-9-11-20(13-17(16)2)26-15-19(23)8-6-5-7-18-10-12-21(24-3)22(14-18)25-4/h9-14,19,23H,5-8,15H2,1-4H3/i8D2,9D,10D,11D,12D,13D,14D,19D. The number of hydrogen-bond donors (Lipinski definition) is 1. The van der Waals surface area contributed by atoms with Crippen LogP contribution in [0.1, 0.15) is 48.2 Å². The molecule has 0 bridgehead atoms. The highest BCUT2D eigenvalue weighted by Gasteiger charge is 2.07. The first kappa shape index (κ1) is 10.8. The van der Waals surface area contributed by atoms with Gasteiger partial charge in [-0.25, -0.2) is 0 Å². The minimum absolute atomic E-state index is 0.00328. The summed E-state index contributed by atoms with van der Waals surface area (Å²) in [6.45, 7) is 2.32. The molecule has 2 rings (SSSR count). The predicted octanol–water partition coefficient (Wildman–Crippen LogP) is 4.47. The van der Waals surface area contributed by atoms with Gasteiger partial charge in [0.2, 0.25) is 0 Å². The minimum Gasteiger partial charge on any atom is -0.493 e. The lowest BCUT2D eigenvalue weighted by molar-refractivity contribution is 0.0976. The summed E-state index contributed by atoms with van der Waals surface area (Å²) in [5.74, 6) is -0.342. The normalized spacial score (nSPS) is 18.6. The Hall–Kier alpha value is -2.20. The third kappa shape index (κ3) is 5.95. The zero-order valence-electron chi connectivity index (χ0n) is 24.5. The Morgan fingerprint density at radius 3 is 2.54 bits per heavy atom. The SMILES string of the molecule is [2H]c1c([2H])c(OCC([2H])(O)C([2H])([2H])CCCc2c([2H])c([2H])c(OC)c(OC)c2[2H])c([2H])c(C)c1C. The molecule has 4 nitrogen and oxygen atoms in total. The smallest absolute Gasteiger partial charge is 0.160 e. The summed E-state index contributed by atoms with van der Waals surface area (Å²) < 4.78 is 88.7. The molecule has 142 valence electrons. The van der Waals surface area contributed by atoms with E-state index in [9.17, 15) is 5.11 Å². The van der Waals surface area contributed by atoms with Crippen LogP contribution < -0.4 is 14.2 Å². The maximum Gasteiger partial charge on any atom is 0.160 e. The van der Waals surface area contributed by atoms with Crippen LogP contribution in [0.4, 0.5) is 0 Å². The number of aliphatic hydroxyl groups is 1. The molecule has 0 amide bonds.